The highest BCUT2D eigenvalue weighted by Crippen LogP contribution is 2.18. The van der Waals surface area contributed by atoms with Gasteiger partial charge < -0.3 is 10.1 Å². The summed E-state index contributed by atoms with van der Waals surface area (Å²) in [6.45, 7) is -0.241. The lowest BCUT2D eigenvalue weighted by atomic mass is 10.0. The molecule has 3 aromatic carbocycles. The number of benzene rings is 3. The minimum Gasteiger partial charge on any atom is -0.468 e. The van der Waals surface area contributed by atoms with Crippen molar-refractivity contribution in [2.75, 3.05) is 23.9 Å². The van der Waals surface area contributed by atoms with Crippen LogP contribution in [0.15, 0.2) is 84.9 Å². The number of methoxy groups -OCH3 is 1. The molecular formula is C23H20N2O4. The number of para-hydroxylation sites is 1. The molecule has 1 N–H and O–H groups in total. The Morgan fingerprint density at radius 1 is 0.828 bits per heavy atom. The highest BCUT2D eigenvalue weighted by atomic mass is 16.5. The minimum atomic E-state index is -0.544. The summed E-state index contributed by atoms with van der Waals surface area (Å²) in [5, 5.41) is 2.74. The molecule has 146 valence electrons. The first-order valence-electron chi connectivity index (χ1n) is 8.98. The second kappa shape index (κ2) is 9.32. The molecule has 2 amide bonds. The Kier molecular flexibility index (Phi) is 6.37. The highest BCUT2D eigenvalue weighted by Gasteiger charge is 2.20. The largest absolute Gasteiger partial charge is 0.468 e. The average Bonchev–Trinajstić information content (AvgIpc) is 2.78. The Hall–Kier alpha value is -3.93. The first-order valence-corrected chi connectivity index (χ1v) is 8.98. The van der Waals surface area contributed by atoms with E-state index in [2.05, 4.69) is 5.32 Å². The lowest BCUT2D eigenvalue weighted by Crippen LogP contribution is -2.39. The van der Waals surface area contributed by atoms with Gasteiger partial charge in [0.15, 0.2) is 5.78 Å². The van der Waals surface area contributed by atoms with Crippen LogP contribution >= 0.6 is 0 Å². The number of hydrogen-bond donors (Lipinski definition) is 1. The van der Waals surface area contributed by atoms with Gasteiger partial charge in [-0.05, 0) is 24.3 Å². The summed E-state index contributed by atoms with van der Waals surface area (Å²) in [6.07, 6.45) is 0. The number of rotatable bonds is 6. The predicted molar refractivity (Wildman–Crippen MR) is 111 cm³/mol. The number of ether oxygens (including phenoxy) is 1. The molecule has 6 nitrogen and oxygen atoms in total. The standard InChI is InChI=1S/C23H20N2O4/c1-29-21(26)16-25(20-13-6-3-7-14-20)23(28)24-19-12-8-11-18(15-19)22(27)17-9-4-2-5-10-17/h2-15H,16H2,1H3,(H,24,28). The molecule has 0 radical (unpaired) electrons. The Labute approximate surface area is 168 Å². The van der Waals surface area contributed by atoms with E-state index in [0.717, 1.165) is 0 Å². The summed E-state index contributed by atoms with van der Waals surface area (Å²) in [5.41, 5.74) is 2.01. The third-order valence-corrected chi connectivity index (χ3v) is 4.24. The lowest BCUT2D eigenvalue weighted by molar-refractivity contribution is -0.138. The first-order chi connectivity index (χ1) is 14.1. The Morgan fingerprint density at radius 2 is 1.45 bits per heavy atom. The zero-order valence-electron chi connectivity index (χ0n) is 15.9. The van der Waals surface area contributed by atoms with Gasteiger partial charge in [0, 0.05) is 22.5 Å². The Morgan fingerprint density at radius 3 is 2.10 bits per heavy atom. The Bertz CT molecular complexity index is 1000. The van der Waals surface area contributed by atoms with Crippen LogP contribution in [0.2, 0.25) is 0 Å². The molecule has 0 spiro atoms. The van der Waals surface area contributed by atoms with Crippen molar-refractivity contribution >= 4 is 29.2 Å². The van der Waals surface area contributed by atoms with Gasteiger partial charge >= 0.3 is 12.0 Å². The van der Waals surface area contributed by atoms with Crippen molar-refractivity contribution < 1.29 is 19.1 Å². The number of urea groups is 1. The van der Waals surface area contributed by atoms with Gasteiger partial charge in [0.25, 0.3) is 0 Å². The molecule has 0 aliphatic rings. The van der Waals surface area contributed by atoms with Crippen LogP contribution in [0, 0.1) is 0 Å². The number of hydrogen-bond acceptors (Lipinski definition) is 4. The van der Waals surface area contributed by atoms with E-state index >= 15 is 0 Å². The van der Waals surface area contributed by atoms with Gasteiger partial charge in [-0.25, -0.2) is 4.79 Å². The summed E-state index contributed by atoms with van der Waals surface area (Å²) < 4.78 is 4.70. The van der Waals surface area contributed by atoms with Gasteiger partial charge in [-0.3, -0.25) is 14.5 Å². The normalized spacial score (nSPS) is 10.1. The lowest BCUT2D eigenvalue weighted by Gasteiger charge is -2.22. The van der Waals surface area contributed by atoms with Crippen molar-refractivity contribution in [2.24, 2.45) is 0 Å². The third-order valence-electron chi connectivity index (χ3n) is 4.24. The summed E-state index contributed by atoms with van der Waals surface area (Å²) in [7, 11) is 1.27. The van der Waals surface area contributed by atoms with Crippen LogP contribution in [-0.4, -0.2) is 31.4 Å². The highest BCUT2D eigenvalue weighted by molar-refractivity contribution is 6.10. The minimum absolute atomic E-state index is 0.142. The van der Waals surface area contributed by atoms with E-state index in [-0.39, 0.29) is 12.3 Å². The van der Waals surface area contributed by atoms with Crippen LogP contribution in [0.5, 0.6) is 0 Å². The van der Waals surface area contributed by atoms with Crippen molar-refractivity contribution in [3.63, 3.8) is 0 Å². The van der Waals surface area contributed by atoms with Crippen LogP contribution in [0.25, 0.3) is 0 Å². The quantitative estimate of drug-likeness (QED) is 0.509. The second-order valence-electron chi connectivity index (χ2n) is 6.20. The number of carbonyl (C=O) groups is 3. The van der Waals surface area contributed by atoms with Gasteiger partial charge in [0.05, 0.1) is 7.11 Å². The SMILES string of the molecule is COC(=O)CN(C(=O)Nc1cccc(C(=O)c2ccccc2)c1)c1ccccc1. The van der Waals surface area contributed by atoms with Gasteiger partial charge in [-0.15, -0.1) is 0 Å². The number of amides is 2. The number of ketones is 1. The zero-order chi connectivity index (χ0) is 20.6. The fourth-order valence-corrected chi connectivity index (χ4v) is 2.77. The molecule has 0 saturated carbocycles. The van der Waals surface area contributed by atoms with Gasteiger partial charge in [0.2, 0.25) is 0 Å². The van der Waals surface area contributed by atoms with E-state index < -0.39 is 12.0 Å². The van der Waals surface area contributed by atoms with Crippen LogP contribution in [0.1, 0.15) is 15.9 Å². The average molecular weight is 388 g/mol. The van der Waals surface area contributed by atoms with Gasteiger partial charge in [-0.2, -0.15) is 0 Å². The molecule has 0 saturated heterocycles. The molecule has 6 heteroatoms. The van der Waals surface area contributed by atoms with Gasteiger partial charge in [0.1, 0.15) is 6.54 Å². The third kappa shape index (κ3) is 5.07. The number of esters is 1. The van der Waals surface area contributed by atoms with E-state index in [9.17, 15) is 14.4 Å². The van der Waals surface area contributed by atoms with Crippen LogP contribution in [-0.2, 0) is 9.53 Å². The monoisotopic (exact) mass is 388 g/mol. The number of nitrogens with one attached hydrogen (secondary N) is 1. The molecule has 0 aliphatic heterocycles. The van der Waals surface area contributed by atoms with E-state index in [0.29, 0.717) is 22.5 Å². The van der Waals surface area contributed by atoms with E-state index in [1.807, 2.05) is 12.1 Å². The topological polar surface area (TPSA) is 75.7 Å². The fraction of sp³-hybridized carbons (Fsp3) is 0.0870. The van der Waals surface area contributed by atoms with Gasteiger partial charge in [-0.1, -0.05) is 60.7 Å². The molecule has 0 atom stereocenters. The predicted octanol–water partition coefficient (Wildman–Crippen LogP) is 4.13. The summed E-state index contributed by atoms with van der Waals surface area (Å²) >= 11 is 0. The molecule has 0 fully saturated rings. The molecule has 29 heavy (non-hydrogen) atoms. The molecule has 0 aliphatic carbocycles. The summed E-state index contributed by atoms with van der Waals surface area (Å²) in [5.74, 6) is -0.687. The maximum atomic E-state index is 12.8. The maximum Gasteiger partial charge on any atom is 0.326 e. The van der Waals surface area contributed by atoms with E-state index in [1.165, 1.54) is 12.0 Å². The number of nitrogens with zero attached hydrogens (tertiary/aromatic N) is 1. The fourth-order valence-electron chi connectivity index (χ4n) is 2.77. The molecular weight excluding hydrogens is 368 g/mol. The molecule has 0 heterocycles. The number of anilines is 2. The van der Waals surface area contributed by atoms with Crippen LogP contribution in [0.3, 0.4) is 0 Å². The molecule has 0 aromatic heterocycles. The van der Waals surface area contributed by atoms with Crippen LogP contribution in [0.4, 0.5) is 16.2 Å². The molecule has 0 unspecified atom stereocenters. The van der Waals surface area contributed by atoms with Crippen molar-refractivity contribution in [3.8, 4) is 0 Å². The smallest absolute Gasteiger partial charge is 0.326 e. The summed E-state index contributed by atoms with van der Waals surface area (Å²) in [4.78, 5) is 38.5. The molecule has 3 rings (SSSR count). The summed E-state index contributed by atoms with van der Waals surface area (Å²) in [6, 6.07) is 23.9. The van der Waals surface area contributed by atoms with Crippen molar-refractivity contribution in [3.05, 3.63) is 96.1 Å². The maximum absolute atomic E-state index is 12.8. The number of carbonyl (C=O) groups excluding carboxylic acids is 3. The van der Waals surface area contributed by atoms with Crippen molar-refractivity contribution in [1.82, 2.24) is 0 Å². The van der Waals surface area contributed by atoms with Crippen molar-refractivity contribution in [2.45, 2.75) is 0 Å². The van der Waals surface area contributed by atoms with E-state index in [1.54, 1.807) is 72.8 Å². The van der Waals surface area contributed by atoms with E-state index in [4.69, 9.17) is 4.74 Å². The first kappa shape index (κ1) is 19.8. The van der Waals surface area contributed by atoms with Crippen LogP contribution < -0.4 is 10.2 Å². The Balaban J connectivity index is 1.81. The zero-order valence-corrected chi connectivity index (χ0v) is 15.9. The van der Waals surface area contributed by atoms with Crippen molar-refractivity contribution in [1.29, 1.82) is 0 Å². The molecule has 0 bridgehead atoms. The second-order valence-corrected chi connectivity index (χ2v) is 6.20. The molecule has 3 aromatic rings.